The van der Waals surface area contributed by atoms with E-state index in [9.17, 15) is 5.11 Å². The Morgan fingerprint density at radius 2 is 1.91 bits per heavy atom. The van der Waals surface area contributed by atoms with E-state index in [1.165, 1.54) is 5.56 Å². The van der Waals surface area contributed by atoms with E-state index in [-0.39, 0.29) is 6.04 Å². The molecule has 2 N–H and O–H groups in total. The van der Waals surface area contributed by atoms with Crippen LogP contribution in [0.15, 0.2) is 48.5 Å². The number of hydrogen-bond donors (Lipinski definition) is 2. The highest BCUT2D eigenvalue weighted by Gasteiger charge is 2.09. The molecule has 23 heavy (non-hydrogen) atoms. The van der Waals surface area contributed by atoms with Crippen LogP contribution < -0.4 is 5.32 Å². The Balaban J connectivity index is 1.68. The lowest BCUT2D eigenvalue weighted by molar-refractivity contribution is 0.0278. The van der Waals surface area contributed by atoms with Crippen molar-refractivity contribution in [1.82, 2.24) is 5.32 Å². The lowest BCUT2D eigenvalue weighted by atomic mass is 10.1. The van der Waals surface area contributed by atoms with Gasteiger partial charge in [0.05, 0.1) is 19.3 Å². The first-order valence-electron chi connectivity index (χ1n) is 7.85. The van der Waals surface area contributed by atoms with Crippen LogP contribution in [0.3, 0.4) is 0 Å². The third-order valence-corrected chi connectivity index (χ3v) is 3.94. The zero-order valence-corrected chi connectivity index (χ0v) is 14.4. The van der Waals surface area contributed by atoms with Crippen molar-refractivity contribution in [3.63, 3.8) is 0 Å². The normalized spacial score (nSPS) is 13.7. The van der Waals surface area contributed by atoms with E-state index in [0.717, 1.165) is 16.1 Å². The van der Waals surface area contributed by atoms with Gasteiger partial charge >= 0.3 is 0 Å². The molecule has 124 valence electrons. The highest BCUT2D eigenvalue weighted by molar-refractivity contribution is 6.30. The molecule has 0 fully saturated rings. The maximum atomic E-state index is 10.0. The zero-order valence-electron chi connectivity index (χ0n) is 13.6. The molecule has 0 amide bonds. The van der Waals surface area contributed by atoms with Crippen LogP contribution in [-0.4, -0.2) is 24.4 Å². The van der Waals surface area contributed by atoms with Gasteiger partial charge in [-0.25, -0.2) is 0 Å². The first-order chi connectivity index (χ1) is 11.0. The average Bonchev–Trinajstić information content (AvgIpc) is 2.54. The molecule has 0 saturated carbocycles. The van der Waals surface area contributed by atoms with Crippen LogP contribution in [0.1, 0.15) is 29.7 Å². The van der Waals surface area contributed by atoms with Crippen molar-refractivity contribution in [3.8, 4) is 0 Å². The molecule has 2 atom stereocenters. The summed E-state index contributed by atoms with van der Waals surface area (Å²) in [6, 6.07) is 16.1. The van der Waals surface area contributed by atoms with Crippen LogP contribution in [0.2, 0.25) is 5.02 Å². The van der Waals surface area contributed by atoms with Crippen molar-refractivity contribution in [1.29, 1.82) is 0 Å². The fourth-order valence-corrected chi connectivity index (χ4v) is 2.46. The first kappa shape index (κ1) is 18.0. The number of aliphatic hydroxyl groups is 1. The fourth-order valence-electron chi connectivity index (χ4n) is 2.26. The third-order valence-electron chi connectivity index (χ3n) is 3.71. The number of benzene rings is 2. The Kier molecular flexibility index (Phi) is 7.06. The predicted molar refractivity (Wildman–Crippen MR) is 94.7 cm³/mol. The minimum Gasteiger partial charge on any atom is -0.389 e. The van der Waals surface area contributed by atoms with Crippen molar-refractivity contribution >= 4 is 11.6 Å². The van der Waals surface area contributed by atoms with Gasteiger partial charge in [-0.15, -0.1) is 0 Å². The predicted octanol–water partition coefficient (Wildman–Crippen LogP) is 3.88. The Bertz CT molecular complexity index is 601. The molecule has 0 heterocycles. The van der Waals surface area contributed by atoms with Gasteiger partial charge in [0.2, 0.25) is 0 Å². The molecule has 2 rings (SSSR count). The van der Waals surface area contributed by atoms with Gasteiger partial charge in [0.1, 0.15) is 0 Å². The van der Waals surface area contributed by atoms with Gasteiger partial charge in [-0.2, -0.15) is 0 Å². The number of aliphatic hydroxyl groups excluding tert-OH is 1. The molecule has 3 nitrogen and oxygen atoms in total. The van der Waals surface area contributed by atoms with Crippen LogP contribution in [0.25, 0.3) is 0 Å². The van der Waals surface area contributed by atoms with E-state index in [1.54, 1.807) is 0 Å². The summed E-state index contributed by atoms with van der Waals surface area (Å²) >= 11 is 5.99. The second-order valence-corrected chi connectivity index (χ2v) is 6.28. The highest BCUT2D eigenvalue weighted by atomic mass is 35.5. The van der Waals surface area contributed by atoms with Gasteiger partial charge < -0.3 is 15.2 Å². The van der Waals surface area contributed by atoms with Crippen LogP contribution >= 0.6 is 11.6 Å². The summed E-state index contributed by atoms with van der Waals surface area (Å²) in [6.45, 7) is 5.40. The van der Waals surface area contributed by atoms with Crippen LogP contribution in [0.5, 0.6) is 0 Å². The van der Waals surface area contributed by atoms with E-state index in [1.807, 2.05) is 43.3 Å². The van der Waals surface area contributed by atoms with Crippen LogP contribution in [0, 0.1) is 6.92 Å². The molecule has 2 unspecified atom stereocenters. The molecular weight excluding hydrogens is 310 g/mol. The van der Waals surface area contributed by atoms with E-state index >= 15 is 0 Å². The molecule has 4 heteroatoms. The number of hydrogen-bond acceptors (Lipinski definition) is 3. The molecular formula is C19H24ClNO2. The number of aryl methyl sites for hydroxylation is 1. The minimum atomic E-state index is -0.540. The third kappa shape index (κ3) is 6.32. The molecule has 0 radical (unpaired) electrons. The number of rotatable bonds is 8. The Morgan fingerprint density at radius 1 is 1.17 bits per heavy atom. The Hall–Kier alpha value is -1.39. The topological polar surface area (TPSA) is 41.5 Å². The Morgan fingerprint density at radius 3 is 2.61 bits per heavy atom. The first-order valence-corrected chi connectivity index (χ1v) is 8.22. The van der Waals surface area contributed by atoms with Crippen molar-refractivity contribution in [2.75, 3.05) is 13.2 Å². The molecule has 0 saturated heterocycles. The van der Waals surface area contributed by atoms with Crippen molar-refractivity contribution in [3.05, 3.63) is 70.2 Å². The van der Waals surface area contributed by atoms with Crippen molar-refractivity contribution in [2.45, 2.75) is 32.6 Å². The standard InChI is InChI=1S/C19H24ClNO2/c1-14-6-8-16(9-7-14)12-23-13-19(22)11-21-15(2)17-4-3-5-18(20)10-17/h3-10,15,19,21-22H,11-13H2,1-2H3. The smallest absolute Gasteiger partial charge is 0.0898 e. The van der Waals surface area contributed by atoms with Gasteiger partial charge in [-0.3, -0.25) is 0 Å². The summed E-state index contributed by atoms with van der Waals surface area (Å²) in [5.74, 6) is 0. The van der Waals surface area contributed by atoms with Gasteiger partial charge in [-0.1, -0.05) is 53.6 Å². The van der Waals surface area contributed by atoms with Gasteiger partial charge in [0.15, 0.2) is 0 Å². The van der Waals surface area contributed by atoms with Gasteiger partial charge in [-0.05, 0) is 37.1 Å². The highest BCUT2D eigenvalue weighted by Crippen LogP contribution is 2.17. The molecule has 0 aliphatic carbocycles. The molecule has 0 aliphatic rings. The van der Waals surface area contributed by atoms with E-state index in [0.29, 0.717) is 19.8 Å². The minimum absolute atomic E-state index is 0.125. The summed E-state index contributed by atoms with van der Waals surface area (Å²) in [6.07, 6.45) is -0.540. The van der Waals surface area contributed by atoms with Crippen LogP contribution in [-0.2, 0) is 11.3 Å². The van der Waals surface area contributed by atoms with Crippen molar-refractivity contribution in [2.24, 2.45) is 0 Å². The SMILES string of the molecule is Cc1ccc(COCC(O)CNC(C)c2cccc(Cl)c2)cc1. The molecule has 2 aromatic rings. The second-order valence-electron chi connectivity index (χ2n) is 5.84. The lowest BCUT2D eigenvalue weighted by Gasteiger charge is -2.18. The lowest BCUT2D eigenvalue weighted by Crippen LogP contribution is -2.32. The Labute approximate surface area is 143 Å². The molecule has 0 bridgehead atoms. The van der Waals surface area contributed by atoms with Gasteiger partial charge in [0.25, 0.3) is 0 Å². The second kappa shape index (κ2) is 9.04. The maximum absolute atomic E-state index is 10.0. The quantitative estimate of drug-likeness (QED) is 0.770. The zero-order chi connectivity index (χ0) is 16.7. The van der Waals surface area contributed by atoms with E-state index < -0.39 is 6.10 Å². The average molecular weight is 334 g/mol. The van der Waals surface area contributed by atoms with E-state index in [4.69, 9.17) is 16.3 Å². The summed E-state index contributed by atoms with van der Waals surface area (Å²) in [7, 11) is 0. The number of ether oxygens (including phenoxy) is 1. The summed E-state index contributed by atoms with van der Waals surface area (Å²) in [5.41, 5.74) is 3.45. The molecule has 0 aromatic heterocycles. The van der Waals surface area contributed by atoms with Crippen molar-refractivity contribution < 1.29 is 9.84 Å². The molecule has 2 aromatic carbocycles. The molecule has 0 spiro atoms. The summed E-state index contributed by atoms with van der Waals surface area (Å²) in [5, 5.41) is 14.0. The number of halogens is 1. The monoisotopic (exact) mass is 333 g/mol. The fraction of sp³-hybridized carbons (Fsp3) is 0.368. The van der Waals surface area contributed by atoms with Crippen LogP contribution in [0.4, 0.5) is 0 Å². The largest absolute Gasteiger partial charge is 0.389 e. The summed E-state index contributed by atoms with van der Waals surface area (Å²) < 4.78 is 5.57. The van der Waals surface area contributed by atoms with Gasteiger partial charge in [0, 0.05) is 17.6 Å². The molecule has 0 aliphatic heterocycles. The maximum Gasteiger partial charge on any atom is 0.0898 e. The van der Waals surface area contributed by atoms with E-state index in [2.05, 4.69) is 24.4 Å². The summed E-state index contributed by atoms with van der Waals surface area (Å²) in [4.78, 5) is 0. The number of nitrogens with one attached hydrogen (secondary N) is 1.